The Labute approximate surface area is 420 Å². The molecule has 0 N–H and O–H groups in total. The number of nitrogens with zero attached hydrogens (tertiary/aromatic N) is 2. The first-order valence-corrected chi connectivity index (χ1v) is 25.3. The summed E-state index contributed by atoms with van der Waals surface area (Å²) in [7, 11) is 0. The summed E-state index contributed by atoms with van der Waals surface area (Å²) in [4.78, 5) is 2.66. The molecule has 1 aromatic heterocycles. The second-order valence-corrected chi connectivity index (χ2v) is 20.3. The highest BCUT2D eigenvalue weighted by atomic mass is 15.2. The predicted molar refractivity (Wildman–Crippen MR) is 300 cm³/mol. The fourth-order valence-electron chi connectivity index (χ4n) is 13.4. The molecule has 3 aliphatic carbocycles. The summed E-state index contributed by atoms with van der Waals surface area (Å²) in [6, 6.07) is 95.7. The molecule has 0 bridgehead atoms. The first-order valence-electron chi connectivity index (χ1n) is 25.3. The Kier molecular flexibility index (Phi) is 8.66. The predicted octanol–water partition coefficient (Wildman–Crippen LogP) is 18.2. The van der Waals surface area contributed by atoms with Crippen molar-refractivity contribution in [3.63, 3.8) is 0 Å². The van der Waals surface area contributed by atoms with Crippen molar-refractivity contribution in [1.29, 1.82) is 0 Å². The number of hydrogen-bond donors (Lipinski definition) is 0. The van der Waals surface area contributed by atoms with E-state index in [2.05, 4.69) is 278 Å². The van der Waals surface area contributed by atoms with E-state index >= 15 is 0 Å². The molecular weight excluding hydrogens is 869 g/mol. The summed E-state index contributed by atoms with van der Waals surface area (Å²) in [5.41, 5.74) is 26.5. The van der Waals surface area contributed by atoms with Gasteiger partial charge in [0.2, 0.25) is 0 Å². The minimum atomic E-state index is -0.635. The van der Waals surface area contributed by atoms with Crippen LogP contribution in [0, 0.1) is 0 Å². The summed E-state index contributed by atoms with van der Waals surface area (Å²) >= 11 is 0. The van der Waals surface area contributed by atoms with Crippen molar-refractivity contribution in [2.75, 3.05) is 4.90 Å². The van der Waals surface area contributed by atoms with E-state index in [1.165, 1.54) is 111 Å². The maximum Gasteiger partial charge on any atom is 0.0746 e. The largest absolute Gasteiger partial charge is 0.309 e. The lowest BCUT2D eigenvalue weighted by Crippen LogP contribution is -2.29. The molecule has 0 fully saturated rings. The molecule has 1 heterocycles. The van der Waals surface area contributed by atoms with Crippen LogP contribution < -0.4 is 4.90 Å². The second-order valence-electron chi connectivity index (χ2n) is 20.3. The molecule has 11 aromatic carbocycles. The highest BCUT2D eigenvalue weighted by Crippen LogP contribution is 2.67. The van der Waals surface area contributed by atoms with Crippen LogP contribution in [-0.4, -0.2) is 4.57 Å². The van der Waals surface area contributed by atoms with E-state index < -0.39 is 5.41 Å². The van der Waals surface area contributed by atoms with Crippen LogP contribution in [-0.2, 0) is 10.8 Å². The van der Waals surface area contributed by atoms with Gasteiger partial charge in [0.05, 0.1) is 27.8 Å². The number of fused-ring (bicyclic) bond motifs is 16. The Balaban J connectivity index is 1.12. The van der Waals surface area contributed by atoms with E-state index in [0.29, 0.717) is 0 Å². The molecule has 338 valence electrons. The van der Waals surface area contributed by atoms with Crippen molar-refractivity contribution in [2.24, 2.45) is 0 Å². The molecule has 12 aromatic rings. The van der Waals surface area contributed by atoms with Gasteiger partial charge in [-0.05, 0) is 121 Å². The van der Waals surface area contributed by atoms with Crippen molar-refractivity contribution >= 4 is 38.9 Å². The molecule has 0 unspecified atom stereocenters. The van der Waals surface area contributed by atoms with Gasteiger partial charge in [0.1, 0.15) is 0 Å². The molecule has 15 rings (SSSR count). The fourth-order valence-corrected chi connectivity index (χ4v) is 13.4. The second kappa shape index (κ2) is 15.3. The number of para-hydroxylation sites is 3. The van der Waals surface area contributed by atoms with Crippen molar-refractivity contribution < 1.29 is 0 Å². The number of benzene rings is 11. The Hall–Kier alpha value is -8.98. The molecule has 2 heteroatoms. The lowest BCUT2D eigenvalue weighted by molar-refractivity contribution is 0.660. The molecule has 0 saturated carbocycles. The normalized spacial score (nSPS) is 13.9. The number of anilines is 3. The number of rotatable bonds is 6. The molecule has 0 radical (unpaired) electrons. The fraction of sp³-hybridized carbons (Fsp3) is 0.0571. The van der Waals surface area contributed by atoms with Crippen LogP contribution in [0.15, 0.2) is 255 Å². The van der Waals surface area contributed by atoms with Crippen LogP contribution in [0.4, 0.5) is 17.1 Å². The zero-order valence-corrected chi connectivity index (χ0v) is 40.1. The third-order valence-electron chi connectivity index (χ3n) is 16.4. The van der Waals surface area contributed by atoms with Gasteiger partial charge in [-0.3, -0.25) is 0 Å². The Morgan fingerprint density at radius 1 is 0.333 bits per heavy atom. The van der Waals surface area contributed by atoms with E-state index in [1.807, 2.05) is 0 Å². The summed E-state index contributed by atoms with van der Waals surface area (Å²) in [5.74, 6) is 0. The average Bonchev–Trinajstić information content (AvgIpc) is 4.12. The minimum absolute atomic E-state index is 0.215. The van der Waals surface area contributed by atoms with Gasteiger partial charge in [0, 0.05) is 44.3 Å². The van der Waals surface area contributed by atoms with E-state index in [0.717, 1.165) is 22.6 Å². The van der Waals surface area contributed by atoms with E-state index in [1.54, 1.807) is 0 Å². The molecule has 2 nitrogen and oxygen atoms in total. The maximum atomic E-state index is 2.66. The molecule has 0 saturated heterocycles. The SMILES string of the molecule is CC1(C)c2ccccc2-c2ccc(N(c3ccccc3-c3ccccc3)c3c(-c4ccc5c(c4)c4ccccc4n5-c4ccccc4)ccc4c3C3(c5ccccc5-c5ccccc53)c3ccccc3-4)cc21. The summed E-state index contributed by atoms with van der Waals surface area (Å²) in [6.45, 7) is 4.79. The molecule has 3 aliphatic rings. The molecule has 1 spiro atoms. The topological polar surface area (TPSA) is 8.17 Å². The summed E-state index contributed by atoms with van der Waals surface area (Å²) in [6.07, 6.45) is 0. The van der Waals surface area contributed by atoms with Gasteiger partial charge in [-0.2, -0.15) is 0 Å². The van der Waals surface area contributed by atoms with E-state index in [4.69, 9.17) is 0 Å². The first-order chi connectivity index (χ1) is 35.5. The monoisotopic (exact) mass is 916 g/mol. The third-order valence-corrected chi connectivity index (χ3v) is 16.4. The van der Waals surface area contributed by atoms with Crippen molar-refractivity contribution in [2.45, 2.75) is 24.7 Å². The maximum absolute atomic E-state index is 2.66. The molecule has 0 aliphatic heterocycles. The smallest absolute Gasteiger partial charge is 0.0746 e. The van der Waals surface area contributed by atoms with Crippen molar-refractivity contribution in [3.8, 4) is 61.3 Å². The standard InChI is InChI=1S/C70H48N2/c1-69(2)59-31-15-9-26-51(59)55-39-38-48(44-63(55)69)72(64-35-19-13-25-49(64)45-21-5-3-6-22-45)68-50(46-37-42-66-58(43-46)56-30-14-20-36-65(56)71(66)47-23-7-4-8-24-47)40-41-57-54-29-12-18-34-62(54)70(67(57)68)60-32-16-10-27-52(60)53-28-11-17-33-61(53)70/h3-44H,1-2H3. The van der Waals surface area contributed by atoms with Crippen LogP contribution >= 0.6 is 0 Å². The van der Waals surface area contributed by atoms with Gasteiger partial charge in [0.15, 0.2) is 0 Å². The van der Waals surface area contributed by atoms with Crippen LogP contribution in [0.25, 0.3) is 83.1 Å². The lowest BCUT2D eigenvalue weighted by Gasteiger charge is -2.38. The van der Waals surface area contributed by atoms with Gasteiger partial charge in [-0.1, -0.05) is 220 Å². The first kappa shape index (κ1) is 40.9. The highest BCUT2D eigenvalue weighted by Gasteiger charge is 2.54. The number of hydrogen-bond acceptors (Lipinski definition) is 1. The zero-order valence-electron chi connectivity index (χ0n) is 40.1. The minimum Gasteiger partial charge on any atom is -0.309 e. The number of aromatic nitrogens is 1. The van der Waals surface area contributed by atoms with E-state index in [9.17, 15) is 0 Å². The molecule has 72 heavy (non-hydrogen) atoms. The Morgan fingerprint density at radius 3 is 1.53 bits per heavy atom. The van der Waals surface area contributed by atoms with Crippen molar-refractivity contribution in [1.82, 2.24) is 4.57 Å². The van der Waals surface area contributed by atoms with Gasteiger partial charge in [-0.25, -0.2) is 0 Å². The van der Waals surface area contributed by atoms with Crippen molar-refractivity contribution in [3.05, 3.63) is 288 Å². The molecule has 0 amide bonds. The van der Waals surface area contributed by atoms with Crippen LogP contribution in [0.1, 0.15) is 47.2 Å². The lowest BCUT2D eigenvalue weighted by atomic mass is 9.69. The third kappa shape index (κ3) is 5.49. The Bertz CT molecular complexity index is 4130. The summed E-state index contributed by atoms with van der Waals surface area (Å²) < 4.78 is 2.42. The van der Waals surface area contributed by atoms with Gasteiger partial charge in [-0.15, -0.1) is 0 Å². The van der Waals surface area contributed by atoms with Gasteiger partial charge >= 0.3 is 0 Å². The zero-order chi connectivity index (χ0) is 47.7. The van der Waals surface area contributed by atoms with E-state index in [-0.39, 0.29) is 5.41 Å². The van der Waals surface area contributed by atoms with Gasteiger partial charge < -0.3 is 9.47 Å². The molecule has 0 atom stereocenters. The van der Waals surface area contributed by atoms with Gasteiger partial charge in [0.25, 0.3) is 0 Å². The Morgan fingerprint density at radius 2 is 0.833 bits per heavy atom. The summed E-state index contributed by atoms with van der Waals surface area (Å²) in [5, 5.41) is 2.45. The average molecular weight is 917 g/mol. The molecular formula is C70H48N2. The highest BCUT2D eigenvalue weighted by molar-refractivity contribution is 6.12. The van der Waals surface area contributed by atoms with Crippen LogP contribution in [0.5, 0.6) is 0 Å². The van der Waals surface area contributed by atoms with Crippen LogP contribution in [0.3, 0.4) is 0 Å². The van der Waals surface area contributed by atoms with Crippen LogP contribution in [0.2, 0.25) is 0 Å². The quantitative estimate of drug-likeness (QED) is 0.161.